The zero-order valence-electron chi connectivity index (χ0n) is 10.9. The lowest BCUT2D eigenvalue weighted by Crippen LogP contribution is -1.79. The smallest absolute Gasteiger partial charge is 0.131 e. The van der Waals surface area contributed by atoms with Crippen LogP contribution < -0.4 is 0 Å². The van der Waals surface area contributed by atoms with Gasteiger partial charge in [-0.1, -0.05) is 40.2 Å². The van der Waals surface area contributed by atoms with Gasteiger partial charge in [-0.15, -0.1) is 11.3 Å². The summed E-state index contributed by atoms with van der Waals surface area (Å²) in [7, 11) is 0. The van der Waals surface area contributed by atoms with Crippen LogP contribution in [0.3, 0.4) is 0 Å². The molecule has 2 aromatic carbocycles. The van der Waals surface area contributed by atoms with Crippen LogP contribution in [-0.2, 0) is 0 Å². The second-order valence-electron chi connectivity index (χ2n) is 4.60. The van der Waals surface area contributed by atoms with Gasteiger partial charge in [-0.2, -0.15) is 0 Å². The van der Waals surface area contributed by atoms with Gasteiger partial charge in [-0.3, -0.25) is 0 Å². The number of hydrogen-bond acceptors (Lipinski definition) is 1. The molecule has 0 radical (unpaired) electrons. The molecule has 0 N–H and O–H groups in total. The fraction of sp³-hybridized carbons (Fsp3) is 0.0588. The van der Waals surface area contributed by atoms with Gasteiger partial charge in [-0.25, -0.2) is 4.39 Å². The quantitative estimate of drug-likeness (QED) is 0.511. The molecule has 0 nitrogen and oxygen atoms in total. The van der Waals surface area contributed by atoms with Crippen LogP contribution in [0, 0.1) is 12.7 Å². The molecule has 0 saturated heterocycles. The molecule has 0 aliphatic heterocycles. The zero-order chi connectivity index (χ0) is 14.1. The first-order chi connectivity index (χ1) is 9.65. The van der Waals surface area contributed by atoms with Gasteiger partial charge in [0.05, 0.1) is 0 Å². The highest BCUT2D eigenvalue weighted by atomic mass is 79.9. The zero-order valence-corrected chi connectivity index (χ0v) is 13.3. The highest BCUT2D eigenvalue weighted by Crippen LogP contribution is 2.37. The van der Waals surface area contributed by atoms with Crippen molar-refractivity contribution in [1.29, 1.82) is 0 Å². The number of rotatable bonds is 2. The molecule has 20 heavy (non-hydrogen) atoms. The Morgan fingerprint density at radius 2 is 1.60 bits per heavy atom. The summed E-state index contributed by atoms with van der Waals surface area (Å²) in [4.78, 5) is 2.11. The van der Waals surface area contributed by atoms with E-state index in [0.717, 1.165) is 14.2 Å². The summed E-state index contributed by atoms with van der Waals surface area (Å²) in [6, 6.07) is 17.2. The first-order valence-electron chi connectivity index (χ1n) is 6.26. The van der Waals surface area contributed by atoms with Crippen molar-refractivity contribution in [3.63, 3.8) is 0 Å². The summed E-state index contributed by atoms with van der Waals surface area (Å²) in [6.07, 6.45) is 0. The topological polar surface area (TPSA) is 0 Å². The molecule has 100 valence electrons. The maximum Gasteiger partial charge on any atom is 0.131 e. The average molecular weight is 347 g/mol. The van der Waals surface area contributed by atoms with E-state index in [2.05, 4.69) is 41.1 Å². The SMILES string of the molecule is Cc1ccc(Br)cc1-c1ccc(-c2ccccc2F)s1. The van der Waals surface area contributed by atoms with Crippen molar-refractivity contribution in [3.05, 3.63) is 70.5 Å². The molecular formula is C17H12BrFS. The Labute approximate surface area is 130 Å². The summed E-state index contributed by atoms with van der Waals surface area (Å²) in [6.45, 7) is 2.09. The Kier molecular flexibility index (Phi) is 3.72. The van der Waals surface area contributed by atoms with Crippen LogP contribution >= 0.6 is 27.3 Å². The van der Waals surface area contributed by atoms with E-state index in [1.54, 1.807) is 17.4 Å². The molecule has 3 heteroatoms. The van der Waals surface area contributed by atoms with E-state index in [0.29, 0.717) is 5.56 Å². The van der Waals surface area contributed by atoms with Crippen molar-refractivity contribution >= 4 is 27.3 Å². The maximum atomic E-state index is 13.8. The first-order valence-corrected chi connectivity index (χ1v) is 7.87. The van der Waals surface area contributed by atoms with Gasteiger partial charge in [0.1, 0.15) is 5.82 Å². The van der Waals surface area contributed by atoms with Crippen molar-refractivity contribution in [3.8, 4) is 20.9 Å². The molecular weight excluding hydrogens is 335 g/mol. The van der Waals surface area contributed by atoms with E-state index in [-0.39, 0.29) is 5.82 Å². The molecule has 1 heterocycles. The second-order valence-corrected chi connectivity index (χ2v) is 6.60. The maximum absolute atomic E-state index is 13.8. The van der Waals surface area contributed by atoms with Crippen molar-refractivity contribution in [2.24, 2.45) is 0 Å². The van der Waals surface area contributed by atoms with Crippen LogP contribution in [-0.4, -0.2) is 0 Å². The van der Waals surface area contributed by atoms with E-state index in [9.17, 15) is 4.39 Å². The minimum atomic E-state index is -0.174. The average Bonchev–Trinajstić information content (AvgIpc) is 2.91. The fourth-order valence-corrected chi connectivity index (χ4v) is 3.62. The largest absolute Gasteiger partial charge is 0.206 e. The summed E-state index contributed by atoms with van der Waals surface area (Å²) in [5, 5.41) is 0. The molecule has 0 spiro atoms. The van der Waals surface area contributed by atoms with Gasteiger partial charge >= 0.3 is 0 Å². The second kappa shape index (κ2) is 5.51. The Bertz CT molecular complexity index is 761. The Morgan fingerprint density at radius 3 is 2.35 bits per heavy atom. The van der Waals surface area contributed by atoms with Crippen LogP contribution in [0.25, 0.3) is 20.9 Å². The Morgan fingerprint density at radius 1 is 0.900 bits per heavy atom. The van der Waals surface area contributed by atoms with Gasteiger partial charge in [0.2, 0.25) is 0 Å². The Balaban J connectivity index is 2.07. The third-order valence-electron chi connectivity index (χ3n) is 3.21. The Hall–Kier alpha value is -1.45. The number of thiophene rings is 1. The standard InChI is InChI=1S/C17H12BrFS/c1-11-6-7-12(18)10-14(11)17-9-8-16(20-17)13-4-2-3-5-15(13)19/h2-10H,1H3. The minimum Gasteiger partial charge on any atom is -0.206 e. The first kappa shape index (κ1) is 13.5. The molecule has 1 aromatic heterocycles. The van der Waals surface area contributed by atoms with Gasteiger partial charge in [-0.05, 0) is 48.4 Å². The third kappa shape index (κ3) is 2.56. The molecule has 0 fully saturated rings. The molecule has 0 amide bonds. The van der Waals surface area contributed by atoms with Gasteiger partial charge in [0.25, 0.3) is 0 Å². The van der Waals surface area contributed by atoms with Crippen LogP contribution in [0.4, 0.5) is 4.39 Å². The molecule has 0 unspecified atom stereocenters. The highest BCUT2D eigenvalue weighted by molar-refractivity contribution is 9.10. The van der Waals surface area contributed by atoms with Gasteiger partial charge < -0.3 is 0 Å². The summed E-state index contributed by atoms with van der Waals surface area (Å²) in [5.41, 5.74) is 3.07. The third-order valence-corrected chi connectivity index (χ3v) is 4.86. The minimum absolute atomic E-state index is 0.174. The number of benzene rings is 2. The summed E-state index contributed by atoms with van der Waals surface area (Å²) < 4.78 is 14.9. The van der Waals surface area contributed by atoms with Gasteiger partial charge in [0.15, 0.2) is 0 Å². The number of halogens is 2. The highest BCUT2D eigenvalue weighted by Gasteiger charge is 2.10. The van der Waals surface area contributed by atoms with Crippen molar-refractivity contribution < 1.29 is 4.39 Å². The van der Waals surface area contributed by atoms with E-state index in [4.69, 9.17) is 0 Å². The molecule has 0 aliphatic carbocycles. The van der Waals surface area contributed by atoms with Crippen LogP contribution in [0.5, 0.6) is 0 Å². The lowest BCUT2D eigenvalue weighted by molar-refractivity contribution is 0.631. The number of aryl methyl sites for hydroxylation is 1. The molecule has 3 aromatic rings. The van der Waals surface area contributed by atoms with E-state index in [1.165, 1.54) is 17.2 Å². The van der Waals surface area contributed by atoms with Crippen LogP contribution in [0.2, 0.25) is 0 Å². The van der Waals surface area contributed by atoms with E-state index < -0.39 is 0 Å². The lowest BCUT2D eigenvalue weighted by Gasteiger charge is -2.04. The predicted octanol–water partition coefficient (Wildman–Crippen LogP) is 6.29. The van der Waals surface area contributed by atoms with Crippen molar-refractivity contribution in [2.45, 2.75) is 6.92 Å². The lowest BCUT2D eigenvalue weighted by atomic mass is 10.1. The van der Waals surface area contributed by atoms with Gasteiger partial charge in [0, 0.05) is 19.8 Å². The fourth-order valence-electron chi connectivity index (χ4n) is 2.15. The molecule has 0 aliphatic rings. The molecule has 0 atom stereocenters. The summed E-state index contributed by atoms with van der Waals surface area (Å²) >= 11 is 5.12. The van der Waals surface area contributed by atoms with Crippen molar-refractivity contribution in [1.82, 2.24) is 0 Å². The molecule has 0 bridgehead atoms. The monoisotopic (exact) mass is 346 g/mol. The molecule has 0 saturated carbocycles. The van der Waals surface area contributed by atoms with E-state index in [1.807, 2.05) is 24.3 Å². The van der Waals surface area contributed by atoms with Crippen LogP contribution in [0.15, 0.2) is 59.1 Å². The number of hydrogen-bond donors (Lipinski definition) is 0. The molecule has 3 rings (SSSR count). The normalized spacial score (nSPS) is 10.8. The van der Waals surface area contributed by atoms with E-state index >= 15 is 0 Å². The van der Waals surface area contributed by atoms with Crippen molar-refractivity contribution in [2.75, 3.05) is 0 Å². The predicted molar refractivity (Wildman–Crippen MR) is 87.6 cm³/mol. The summed E-state index contributed by atoms with van der Waals surface area (Å²) in [5.74, 6) is -0.174. The van der Waals surface area contributed by atoms with Crippen LogP contribution in [0.1, 0.15) is 5.56 Å².